The summed E-state index contributed by atoms with van der Waals surface area (Å²) in [5.41, 5.74) is 1.97. The summed E-state index contributed by atoms with van der Waals surface area (Å²) in [6, 6.07) is 8.05. The van der Waals surface area contributed by atoms with Gasteiger partial charge in [-0.3, -0.25) is 4.90 Å². The summed E-state index contributed by atoms with van der Waals surface area (Å²) < 4.78 is 5.43. The Balaban J connectivity index is 1.58. The first-order valence-corrected chi connectivity index (χ1v) is 9.33. The molecule has 0 spiro atoms. The molecule has 25 heavy (non-hydrogen) atoms. The van der Waals surface area contributed by atoms with Gasteiger partial charge in [0.2, 0.25) is 0 Å². The van der Waals surface area contributed by atoms with Crippen LogP contribution in [0, 0.1) is 5.92 Å². The Labute approximate surface area is 150 Å². The fourth-order valence-corrected chi connectivity index (χ4v) is 3.50. The molecule has 0 radical (unpaired) electrons. The number of carbonyl (C=O) groups excluding carboxylic acids is 1. The number of carbonyl (C=O) groups is 1. The van der Waals surface area contributed by atoms with Crippen molar-refractivity contribution in [1.82, 2.24) is 9.80 Å². The van der Waals surface area contributed by atoms with E-state index in [1.807, 2.05) is 23.1 Å². The van der Waals surface area contributed by atoms with Gasteiger partial charge in [0.1, 0.15) is 0 Å². The van der Waals surface area contributed by atoms with Crippen molar-refractivity contribution in [3.05, 3.63) is 24.3 Å². The molecule has 0 bridgehead atoms. The standard InChI is InChI=1S/C19H30N4O2/c1-16(2)15-21-7-9-23(10-8-21)19(24)20-17-5-3-4-6-18(17)22-11-13-25-14-12-22/h3-6,16H,7-15H2,1-2H3,(H,20,24). The van der Waals surface area contributed by atoms with Crippen LogP contribution in [-0.2, 0) is 4.74 Å². The molecule has 0 unspecified atom stereocenters. The largest absolute Gasteiger partial charge is 0.378 e. The summed E-state index contributed by atoms with van der Waals surface area (Å²) in [5.74, 6) is 0.667. The van der Waals surface area contributed by atoms with Crippen LogP contribution in [0.2, 0.25) is 0 Å². The molecular weight excluding hydrogens is 316 g/mol. The van der Waals surface area contributed by atoms with Crippen molar-refractivity contribution in [2.45, 2.75) is 13.8 Å². The molecule has 0 aromatic heterocycles. The summed E-state index contributed by atoms with van der Waals surface area (Å²) in [4.78, 5) is 19.3. The van der Waals surface area contributed by atoms with E-state index in [2.05, 4.69) is 35.0 Å². The monoisotopic (exact) mass is 346 g/mol. The molecule has 6 nitrogen and oxygen atoms in total. The maximum atomic E-state index is 12.7. The van der Waals surface area contributed by atoms with Crippen LogP contribution < -0.4 is 10.2 Å². The molecule has 3 rings (SSSR count). The third kappa shape index (κ3) is 4.86. The maximum absolute atomic E-state index is 12.7. The van der Waals surface area contributed by atoms with Gasteiger partial charge in [0.15, 0.2) is 0 Å². The average molecular weight is 346 g/mol. The van der Waals surface area contributed by atoms with Crippen LogP contribution in [0.15, 0.2) is 24.3 Å². The van der Waals surface area contributed by atoms with Crippen molar-refractivity contribution < 1.29 is 9.53 Å². The van der Waals surface area contributed by atoms with Gasteiger partial charge < -0.3 is 19.9 Å². The van der Waals surface area contributed by atoms with Crippen LogP contribution in [-0.4, -0.2) is 74.9 Å². The van der Waals surface area contributed by atoms with E-state index >= 15 is 0 Å². The number of para-hydroxylation sites is 2. The van der Waals surface area contributed by atoms with Gasteiger partial charge >= 0.3 is 6.03 Å². The molecule has 2 amide bonds. The Morgan fingerprint density at radius 2 is 1.76 bits per heavy atom. The van der Waals surface area contributed by atoms with Crippen molar-refractivity contribution in [3.63, 3.8) is 0 Å². The third-order valence-corrected chi connectivity index (χ3v) is 4.78. The van der Waals surface area contributed by atoms with E-state index in [1.54, 1.807) is 0 Å². The molecule has 1 aromatic carbocycles. The number of rotatable bonds is 4. The lowest BCUT2D eigenvalue weighted by molar-refractivity contribution is 0.123. The van der Waals surface area contributed by atoms with E-state index in [9.17, 15) is 4.79 Å². The fourth-order valence-electron chi connectivity index (χ4n) is 3.50. The second kappa shape index (κ2) is 8.54. The van der Waals surface area contributed by atoms with E-state index in [1.165, 1.54) is 0 Å². The zero-order valence-corrected chi connectivity index (χ0v) is 15.4. The van der Waals surface area contributed by atoms with Gasteiger partial charge in [-0.1, -0.05) is 26.0 Å². The summed E-state index contributed by atoms with van der Waals surface area (Å²) >= 11 is 0. The minimum absolute atomic E-state index is 0.00454. The van der Waals surface area contributed by atoms with E-state index in [0.717, 1.165) is 70.4 Å². The quantitative estimate of drug-likeness (QED) is 0.909. The van der Waals surface area contributed by atoms with E-state index in [-0.39, 0.29) is 6.03 Å². The highest BCUT2D eigenvalue weighted by atomic mass is 16.5. The number of morpholine rings is 1. The van der Waals surface area contributed by atoms with Gasteiger partial charge in [-0.05, 0) is 18.1 Å². The number of benzene rings is 1. The van der Waals surface area contributed by atoms with Crippen LogP contribution >= 0.6 is 0 Å². The highest BCUT2D eigenvalue weighted by Crippen LogP contribution is 2.26. The molecular formula is C19H30N4O2. The topological polar surface area (TPSA) is 48.0 Å². The number of nitrogens with zero attached hydrogens (tertiary/aromatic N) is 3. The minimum atomic E-state index is 0.00454. The Kier molecular flexibility index (Phi) is 6.15. The molecule has 138 valence electrons. The number of hydrogen-bond acceptors (Lipinski definition) is 4. The first kappa shape index (κ1) is 18.0. The number of urea groups is 1. The van der Waals surface area contributed by atoms with Crippen LogP contribution in [0.5, 0.6) is 0 Å². The van der Waals surface area contributed by atoms with Crippen molar-refractivity contribution in [3.8, 4) is 0 Å². The minimum Gasteiger partial charge on any atom is -0.378 e. The summed E-state index contributed by atoms with van der Waals surface area (Å²) in [6.07, 6.45) is 0. The SMILES string of the molecule is CC(C)CN1CCN(C(=O)Nc2ccccc2N2CCOCC2)CC1. The van der Waals surface area contributed by atoms with E-state index < -0.39 is 0 Å². The summed E-state index contributed by atoms with van der Waals surface area (Å²) in [5, 5.41) is 3.12. The molecule has 2 fully saturated rings. The molecule has 1 aromatic rings. The molecule has 0 aliphatic carbocycles. The number of nitrogens with one attached hydrogen (secondary N) is 1. The molecule has 2 saturated heterocycles. The fraction of sp³-hybridized carbons (Fsp3) is 0.632. The Hall–Kier alpha value is -1.79. The van der Waals surface area contributed by atoms with Gasteiger partial charge in [0.05, 0.1) is 24.6 Å². The van der Waals surface area contributed by atoms with Gasteiger partial charge in [-0.2, -0.15) is 0 Å². The number of piperazine rings is 1. The highest BCUT2D eigenvalue weighted by molar-refractivity contribution is 5.93. The normalized spacial score (nSPS) is 19.3. The Morgan fingerprint density at radius 3 is 2.44 bits per heavy atom. The van der Waals surface area contributed by atoms with Gasteiger partial charge in [0.25, 0.3) is 0 Å². The zero-order valence-electron chi connectivity index (χ0n) is 15.4. The number of ether oxygens (including phenoxy) is 1. The number of hydrogen-bond donors (Lipinski definition) is 1. The van der Waals surface area contributed by atoms with Gasteiger partial charge in [-0.25, -0.2) is 4.79 Å². The highest BCUT2D eigenvalue weighted by Gasteiger charge is 2.23. The van der Waals surface area contributed by atoms with Crippen molar-refractivity contribution >= 4 is 17.4 Å². The Bertz CT molecular complexity index is 564. The first-order chi connectivity index (χ1) is 12.1. The average Bonchev–Trinajstić information content (AvgIpc) is 2.63. The molecule has 2 aliphatic heterocycles. The lowest BCUT2D eigenvalue weighted by Gasteiger charge is -2.36. The van der Waals surface area contributed by atoms with Crippen molar-refractivity contribution in [2.24, 2.45) is 5.92 Å². The van der Waals surface area contributed by atoms with Crippen molar-refractivity contribution in [1.29, 1.82) is 0 Å². The molecule has 2 aliphatic rings. The second-order valence-corrected chi connectivity index (χ2v) is 7.23. The molecule has 0 atom stereocenters. The molecule has 0 saturated carbocycles. The Morgan fingerprint density at radius 1 is 1.08 bits per heavy atom. The van der Waals surface area contributed by atoms with Crippen LogP contribution in [0.25, 0.3) is 0 Å². The van der Waals surface area contributed by atoms with Crippen LogP contribution in [0.4, 0.5) is 16.2 Å². The first-order valence-electron chi connectivity index (χ1n) is 9.33. The predicted molar refractivity (Wildman–Crippen MR) is 101 cm³/mol. The molecule has 2 heterocycles. The molecule has 6 heteroatoms. The second-order valence-electron chi connectivity index (χ2n) is 7.23. The van der Waals surface area contributed by atoms with Crippen LogP contribution in [0.1, 0.15) is 13.8 Å². The lowest BCUT2D eigenvalue weighted by atomic mass is 10.2. The van der Waals surface area contributed by atoms with Crippen molar-refractivity contribution in [2.75, 3.05) is 69.2 Å². The number of anilines is 2. The summed E-state index contributed by atoms with van der Waals surface area (Å²) in [6.45, 7) is 12.3. The van der Waals surface area contributed by atoms with Gasteiger partial charge in [-0.15, -0.1) is 0 Å². The van der Waals surface area contributed by atoms with Crippen LogP contribution in [0.3, 0.4) is 0 Å². The lowest BCUT2D eigenvalue weighted by Crippen LogP contribution is -2.50. The zero-order chi connectivity index (χ0) is 17.6. The van der Waals surface area contributed by atoms with Gasteiger partial charge in [0, 0.05) is 45.8 Å². The maximum Gasteiger partial charge on any atom is 0.321 e. The predicted octanol–water partition coefficient (Wildman–Crippen LogP) is 2.33. The van der Waals surface area contributed by atoms with E-state index in [4.69, 9.17) is 4.74 Å². The third-order valence-electron chi connectivity index (χ3n) is 4.78. The smallest absolute Gasteiger partial charge is 0.321 e. The number of amides is 2. The molecule has 1 N–H and O–H groups in total. The summed E-state index contributed by atoms with van der Waals surface area (Å²) in [7, 11) is 0. The van der Waals surface area contributed by atoms with E-state index in [0.29, 0.717) is 5.92 Å².